The van der Waals surface area contributed by atoms with Gasteiger partial charge < -0.3 is 10.0 Å². The van der Waals surface area contributed by atoms with Gasteiger partial charge in [0.05, 0.1) is 0 Å². The number of hydrogen-bond donors (Lipinski definition) is 3. The largest absolute Gasteiger partial charge is 0.488 e. The molecule has 0 aromatic heterocycles. The van der Waals surface area contributed by atoms with Crippen molar-refractivity contribution >= 4 is 18.5 Å². The van der Waals surface area contributed by atoms with Crippen LogP contribution in [0.15, 0.2) is 24.3 Å². The second-order valence-electron chi connectivity index (χ2n) is 3.33. The van der Waals surface area contributed by atoms with Crippen molar-refractivity contribution in [1.82, 2.24) is 10.4 Å². The lowest BCUT2D eigenvalue weighted by atomic mass is 9.79. The second-order valence-corrected chi connectivity index (χ2v) is 3.33. The van der Waals surface area contributed by atoms with Crippen LogP contribution in [-0.2, 0) is 0 Å². The smallest absolute Gasteiger partial charge is 0.423 e. The quantitative estimate of drug-likeness (QED) is 0.420. The molecule has 0 heterocycles. The van der Waals surface area contributed by atoms with E-state index in [0.29, 0.717) is 11.0 Å². The van der Waals surface area contributed by atoms with Crippen LogP contribution >= 0.6 is 0 Å². The zero-order valence-electron chi connectivity index (χ0n) is 8.64. The second kappa shape index (κ2) is 4.93. The molecule has 3 N–H and O–H groups in total. The minimum absolute atomic E-state index is 0.289. The van der Waals surface area contributed by atoms with Crippen molar-refractivity contribution in [1.29, 1.82) is 0 Å². The normalized spacial score (nSPS) is 10.2. The van der Waals surface area contributed by atoms with Gasteiger partial charge in [0.15, 0.2) is 0 Å². The maximum absolute atomic E-state index is 11.5. The molecular weight excluding hydrogens is 195 g/mol. The van der Waals surface area contributed by atoms with Crippen LogP contribution in [0.3, 0.4) is 0 Å². The van der Waals surface area contributed by atoms with E-state index in [-0.39, 0.29) is 5.91 Å². The lowest BCUT2D eigenvalue weighted by molar-refractivity contribution is 0.0857. The van der Waals surface area contributed by atoms with Gasteiger partial charge in [-0.2, -0.15) is 0 Å². The third kappa shape index (κ3) is 3.36. The molecule has 0 fully saturated rings. The summed E-state index contributed by atoms with van der Waals surface area (Å²) >= 11 is 0. The molecule has 0 aliphatic heterocycles. The van der Waals surface area contributed by atoms with Crippen LogP contribution < -0.4 is 10.9 Å². The van der Waals surface area contributed by atoms with Crippen molar-refractivity contribution in [2.45, 2.75) is 0 Å². The number of carbonyl (C=O) groups excluding carboxylic acids is 1. The highest BCUT2D eigenvalue weighted by molar-refractivity contribution is 6.58. The first-order valence-corrected chi connectivity index (χ1v) is 4.45. The van der Waals surface area contributed by atoms with Gasteiger partial charge in [0.25, 0.3) is 5.91 Å². The fraction of sp³-hybridized carbons (Fsp3) is 0.222. The minimum Gasteiger partial charge on any atom is -0.423 e. The summed E-state index contributed by atoms with van der Waals surface area (Å²) in [6.07, 6.45) is 0. The highest BCUT2D eigenvalue weighted by atomic mass is 16.4. The fourth-order valence-corrected chi connectivity index (χ4v) is 1.11. The van der Waals surface area contributed by atoms with Crippen LogP contribution in [0.1, 0.15) is 10.4 Å². The molecule has 6 heteroatoms. The first kappa shape index (κ1) is 11.7. The zero-order chi connectivity index (χ0) is 11.4. The van der Waals surface area contributed by atoms with Gasteiger partial charge in [0.1, 0.15) is 0 Å². The highest BCUT2D eigenvalue weighted by Gasteiger charge is 2.13. The molecule has 1 amide bonds. The molecule has 0 radical (unpaired) electrons. The van der Waals surface area contributed by atoms with E-state index in [9.17, 15) is 4.79 Å². The third-order valence-corrected chi connectivity index (χ3v) is 1.77. The Kier molecular flexibility index (Phi) is 3.84. The van der Waals surface area contributed by atoms with Gasteiger partial charge in [0, 0.05) is 19.7 Å². The number of hydrazine groups is 1. The fourth-order valence-electron chi connectivity index (χ4n) is 1.11. The SMILES string of the molecule is CN(C)NC(=O)c1cccc(B(O)O)c1. The van der Waals surface area contributed by atoms with Crippen LogP contribution in [0.5, 0.6) is 0 Å². The summed E-state index contributed by atoms with van der Waals surface area (Å²) in [5.74, 6) is -0.289. The standard InChI is InChI=1S/C9H13BN2O3/c1-12(2)11-9(13)7-4-3-5-8(6-7)10(14)15/h3-6,14-15H,1-2H3,(H,11,13). The summed E-state index contributed by atoms with van der Waals surface area (Å²) in [5.41, 5.74) is 3.23. The number of amides is 1. The number of benzene rings is 1. The molecule has 0 atom stereocenters. The molecule has 80 valence electrons. The molecule has 15 heavy (non-hydrogen) atoms. The van der Waals surface area contributed by atoms with Gasteiger partial charge in [-0.05, 0) is 17.6 Å². The predicted octanol–water partition coefficient (Wildman–Crippen LogP) is -1.43. The lowest BCUT2D eigenvalue weighted by Crippen LogP contribution is -2.37. The van der Waals surface area contributed by atoms with E-state index in [4.69, 9.17) is 10.0 Å². The van der Waals surface area contributed by atoms with Crippen molar-refractivity contribution in [3.05, 3.63) is 29.8 Å². The van der Waals surface area contributed by atoms with E-state index in [1.54, 1.807) is 26.2 Å². The summed E-state index contributed by atoms with van der Waals surface area (Å²) in [6, 6.07) is 6.17. The molecule has 0 unspecified atom stereocenters. The van der Waals surface area contributed by atoms with Gasteiger partial charge in [-0.3, -0.25) is 10.2 Å². The molecule has 5 nitrogen and oxygen atoms in total. The number of nitrogens with one attached hydrogen (secondary N) is 1. The molecule has 1 aromatic carbocycles. The number of nitrogens with zero attached hydrogens (tertiary/aromatic N) is 1. The maximum Gasteiger partial charge on any atom is 0.488 e. The van der Waals surface area contributed by atoms with E-state index in [1.165, 1.54) is 17.1 Å². The minimum atomic E-state index is -1.56. The highest BCUT2D eigenvalue weighted by Crippen LogP contribution is 1.97. The summed E-state index contributed by atoms with van der Waals surface area (Å²) in [7, 11) is 1.84. The van der Waals surface area contributed by atoms with Crippen LogP contribution in [0.4, 0.5) is 0 Å². The van der Waals surface area contributed by atoms with Crippen molar-refractivity contribution in [2.24, 2.45) is 0 Å². The van der Waals surface area contributed by atoms with E-state index in [1.807, 2.05) is 0 Å². The molecule has 0 aliphatic carbocycles. The number of rotatable bonds is 3. The zero-order valence-corrected chi connectivity index (χ0v) is 8.64. The Balaban J connectivity index is 2.85. The first-order valence-electron chi connectivity index (χ1n) is 4.45. The first-order chi connectivity index (χ1) is 7.00. The Morgan fingerprint density at radius 2 is 2.07 bits per heavy atom. The predicted molar refractivity (Wildman–Crippen MR) is 57.4 cm³/mol. The summed E-state index contributed by atoms with van der Waals surface area (Å²) in [5, 5.41) is 19.4. The summed E-state index contributed by atoms with van der Waals surface area (Å²) < 4.78 is 0. The Labute approximate surface area is 88.4 Å². The molecule has 0 aliphatic rings. The van der Waals surface area contributed by atoms with E-state index in [0.717, 1.165) is 0 Å². The average Bonchev–Trinajstić information content (AvgIpc) is 2.17. The maximum atomic E-state index is 11.5. The van der Waals surface area contributed by atoms with Crippen molar-refractivity contribution in [3.63, 3.8) is 0 Å². The van der Waals surface area contributed by atoms with Crippen molar-refractivity contribution in [2.75, 3.05) is 14.1 Å². The Bertz CT molecular complexity index is 355. The summed E-state index contributed by atoms with van der Waals surface area (Å²) in [4.78, 5) is 11.5. The van der Waals surface area contributed by atoms with Crippen molar-refractivity contribution in [3.8, 4) is 0 Å². The van der Waals surface area contributed by atoms with Crippen molar-refractivity contribution < 1.29 is 14.8 Å². The Hall–Kier alpha value is -1.37. The van der Waals surface area contributed by atoms with Crippen LogP contribution in [0.25, 0.3) is 0 Å². The lowest BCUT2D eigenvalue weighted by Gasteiger charge is -2.12. The number of carbonyl (C=O) groups is 1. The Morgan fingerprint density at radius 1 is 1.40 bits per heavy atom. The Morgan fingerprint density at radius 3 is 2.60 bits per heavy atom. The molecule has 0 bridgehead atoms. The topological polar surface area (TPSA) is 72.8 Å². The molecule has 1 rings (SSSR count). The van der Waals surface area contributed by atoms with E-state index in [2.05, 4.69) is 5.43 Å². The van der Waals surface area contributed by atoms with Crippen LogP contribution in [-0.4, -0.2) is 42.2 Å². The molecular formula is C9H13BN2O3. The van der Waals surface area contributed by atoms with Gasteiger partial charge >= 0.3 is 7.12 Å². The average molecular weight is 208 g/mol. The van der Waals surface area contributed by atoms with Gasteiger partial charge in [-0.1, -0.05) is 12.1 Å². The van der Waals surface area contributed by atoms with Crippen LogP contribution in [0, 0.1) is 0 Å². The monoisotopic (exact) mass is 208 g/mol. The molecule has 1 aromatic rings. The van der Waals surface area contributed by atoms with E-state index < -0.39 is 7.12 Å². The molecule has 0 saturated carbocycles. The summed E-state index contributed by atoms with van der Waals surface area (Å²) in [6.45, 7) is 0. The van der Waals surface area contributed by atoms with Gasteiger partial charge in [-0.25, -0.2) is 5.01 Å². The van der Waals surface area contributed by atoms with Gasteiger partial charge in [-0.15, -0.1) is 0 Å². The number of hydrogen-bond acceptors (Lipinski definition) is 4. The van der Waals surface area contributed by atoms with E-state index >= 15 is 0 Å². The third-order valence-electron chi connectivity index (χ3n) is 1.77. The van der Waals surface area contributed by atoms with Gasteiger partial charge in [0.2, 0.25) is 0 Å². The molecule has 0 saturated heterocycles. The van der Waals surface area contributed by atoms with Crippen LogP contribution in [0.2, 0.25) is 0 Å². The molecule has 0 spiro atoms.